The monoisotopic (exact) mass is 415 g/mol. The third-order valence-electron chi connectivity index (χ3n) is 5.47. The van der Waals surface area contributed by atoms with Gasteiger partial charge in [0.15, 0.2) is 5.78 Å². The minimum absolute atomic E-state index is 0.105. The van der Waals surface area contributed by atoms with Crippen LogP contribution in [0.4, 0.5) is 0 Å². The van der Waals surface area contributed by atoms with Crippen LogP contribution in [-0.4, -0.2) is 26.3 Å². The number of Topliss-reactive ketones (excluding diaryl/α,β-unsaturated/α-hetero) is 1. The van der Waals surface area contributed by atoms with Gasteiger partial charge in [0.25, 0.3) is 5.22 Å². The molecular weight excluding hydrogens is 390 g/mol. The molecule has 5 nitrogen and oxygen atoms in total. The molecule has 28 heavy (non-hydrogen) atoms. The molecule has 1 aliphatic carbocycles. The summed E-state index contributed by atoms with van der Waals surface area (Å²) in [6, 6.07) is 6.18. The van der Waals surface area contributed by atoms with E-state index in [0.29, 0.717) is 16.9 Å². The van der Waals surface area contributed by atoms with Crippen molar-refractivity contribution in [3.63, 3.8) is 0 Å². The van der Waals surface area contributed by atoms with Gasteiger partial charge in [-0.25, -0.2) is 0 Å². The molecule has 0 unspecified atom stereocenters. The number of ketones is 1. The maximum absolute atomic E-state index is 12.8. The number of rotatable bonds is 7. The fraction of sp³-hybridized carbons (Fsp3) is 0.476. The summed E-state index contributed by atoms with van der Waals surface area (Å²) < 4.78 is 8.03. The lowest BCUT2D eigenvalue weighted by Gasteiger charge is -2.17. The number of aryl methyl sites for hydroxylation is 1. The first-order valence-corrected chi connectivity index (χ1v) is 11.7. The van der Waals surface area contributed by atoms with Crippen LogP contribution in [0.1, 0.15) is 70.5 Å². The summed E-state index contributed by atoms with van der Waals surface area (Å²) >= 11 is 3.08. The molecule has 0 aromatic carbocycles. The van der Waals surface area contributed by atoms with Gasteiger partial charge in [-0.2, -0.15) is 0 Å². The van der Waals surface area contributed by atoms with E-state index >= 15 is 0 Å². The Morgan fingerprint density at radius 3 is 2.86 bits per heavy atom. The van der Waals surface area contributed by atoms with Crippen LogP contribution in [0.25, 0.3) is 0 Å². The number of aromatic nitrogens is 3. The normalized spacial score (nSPS) is 15.2. The zero-order valence-electron chi connectivity index (χ0n) is 16.3. The van der Waals surface area contributed by atoms with Crippen LogP contribution in [0.3, 0.4) is 0 Å². The van der Waals surface area contributed by atoms with Gasteiger partial charge in [0.05, 0.1) is 12.3 Å². The highest BCUT2D eigenvalue weighted by atomic mass is 32.2. The van der Waals surface area contributed by atoms with E-state index in [1.54, 1.807) is 11.3 Å². The summed E-state index contributed by atoms with van der Waals surface area (Å²) in [4.78, 5) is 14.1. The van der Waals surface area contributed by atoms with E-state index in [4.69, 9.17) is 4.42 Å². The number of thiophene rings is 1. The molecule has 0 spiro atoms. The van der Waals surface area contributed by atoms with E-state index in [0.717, 1.165) is 42.2 Å². The highest BCUT2D eigenvalue weighted by molar-refractivity contribution is 7.99. The summed E-state index contributed by atoms with van der Waals surface area (Å²) in [5, 5.41) is 10.9. The lowest BCUT2D eigenvalue weighted by Crippen LogP contribution is -2.07. The highest BCUT2D eigenvalue weighted by Crippen LogP contribution is 2.33. The first-order chi connectivity index (χ1) is 13.6. The SMILES string of the molecule is Cc1cc(C(=O)CSc2nnc(C3CCCCC3)o2)c(C)n1Cc1cccs1. The summed E-state index contributed by atoms with van der Waals surface area (Å²) in [6.07, 6.45) is 6.01. The van der Waals surface area contributed by atoms with Gasteiger partial charge in [-0.15, -0.1) is 21.5 Å². The van der Waals surface area contributed by atoms with Gasteiger partial charge in [0, 0.05) is 27.7 Å². The maximum Gasteiger partial charge on any atom is 0.277 e. The Bertz CT molecular complexity index is 937. The van der Waals surface area contributed by atoms with E-state index in [2.05, 4.69) is 39.2 Å². The molecule has 1 fully saturated rings. The third-order valence-corrected chi connectivity index (χ3v) is 7.15. The van der Waals surface area contributed by atoms with Gasteiger partial charge in [-0.3, -0.25) is 4.79 Å². The van der Waals surface area contributed by atoms with E-state index < -0.39 is 0 Å². The Labute approximate surface area is 173 Å². The van der Waals surface area contributed by atoms with Crippen LogP contribution >= 0.6 is 23.1 Å². The maximum atomic E-state index is 12.8. The van der Waals surface area contributed by atoms with Crippen molar-refractivity contribution in [1.29, 1.82) is 0 Å². The van der Waals surface area contributed by atoms with E-state index in [9.17, 15) is 4.79 Å². The molecule has 7 heteroatoms. The minimum Gasteiger partial charge on any atom is -0.416 e. The van der Waals surface area contributed by atoms with Gasteiger partial charge in [-0.1, -0.05) is 37.1 Å². The molecule has 148 valence electrons. The second-order valence-corrected chi connectivity index (χ2v) is 9.36. The molecule has 0 amide bonds. The standard InChI is InChI=1S/C21H25N3O2S2/c1-14-11-18(15(2)24(14)12-17-9-6-10-27-17)19(25)13-28-21-23-22-20(26-21)16-7-4-3-5-8-16/h6,9-11,16H,3-5,7-8,12-13H2,1-2H3. The number of carbonyl (C=O) groups excluding carboxylic acids is 1. The van der Waals surface area contributed by atoms with E-state index in [1.807, 2.05) is 13.0 Å². The van der Waals surface area contributed by atoms with Crippen LogP contribution in [0, 0.1) is 13.8 Å². The topological polar surface area (TPSA) is 60.9 Å². The van der Waals surface area contributed by atoms with Gasteiger partial charge < -0.3 is 8.98 Å². The van der Waals surface area contributed by atoms with Crippen LogP contribution < -0.4 is 0 Å². The van der Waals surface area contributed by atoms with Crippen molar-refractivity contribution in [2.24, 2.45) is 0 Å². The van der Waals surface area contributed by atoms with Gasteiger partial charge in [-0.05, 0) is 44.2 Å². The summed E-state index contributed by atoms with van der Waals surface area (Å²) in [5.74, 6) is 1.55. The molecule has 3 aromatic rings. The van der Waals surface area contributed by atoms with Crippen LogP contribution in [0.5, 0.6) is 0 Å². The number of hydrogen-bond acceptors (Lipinski definition) is 6. The van der Waals surface area contributed by atoms with Crippen molar-refractivity contribution in [3.05, 3.63) is 51.3 Å². The van der Waals surface area contributed by atoms with E-state index in [-0.39, 0.29) is 5.78 Å². The Kier molecular flexibility index (Phi) is 6.01. The fourth-order valence-corrected chi connectivity index (χ4v) is 5.23. The van der Waals surface area contributed by atoms with Crippen molar-refractivity contribution in [3.8, 4) is 0 Å². The molecule has 4 rings (SSSR count). The Hall–Kier alpha value is -1.86. The average molecular weight is 416 g/mol. The van der Waals surface area contributed by atoms with Gasteiger partial charge in [0.2, 0.25) is 5.89 Å². The van der Waals surface area contributed by atoms with Gasteiger partial charge in [0.1, 0.15) is 0 Å². The van der Waals surface area contributed by atoms with Crippen molar-refractivity contribution in [1.82, 2.24) is 14.8 Å². The molecule has 0 bridgehead atoms. The third kappa shape index (κ3) is 4.25. The molecule has 3 aromatic heterocycles. The zero-order valence-corrected chi connectivity index (χ0v) is 17.9. The predicted octanol–water partition coefficient (Wildman–Crippen LogP) is 5.62. The first-order valence-electron chi connectivity index (χ1n) is 9.80. The fourth-order valence-electron chi connectivity index (χ4n) is 3.88. The Balaban J connectivity index is 1.39. The van der Waals surface area contributed by atoms with Crippen molar-refractivity contribution >= 4 is 28.9 Å². The van der Waals surface area contributed by atoms with Crippen molar-refractivity contribution < 1.29 is 9.21 Å². The molecule has 0 atom stereocenters. The Morgan fingerprint density at radius 1 is 1.29 bits per heavy atom. The predicted molar refractivity (Wildman–Crippen MR) is 113 cm³/mol. The number of thioether (sulfide) groups is 1. The molecule has 1 aliphatic rings. The van der Waals surface area contributed by atoms with Crippen molar-refractivity contribution in [2.45, 2.75) is 63.6 Å². The van der Waals surface area contributed by atoms with Gasteiger partial charge >= 0.3 is 0 Å². The van der Waals surface area contributed by atoms with Crippen LogP contribution in [0.15, 0.2) is 33.2 Å². The van der Waals surface area contributed by atoms with Crippen molar-refractivity contribution in [2.75, 3.05) is 5.75 Å². The second-order valence-electron chi connectivity index (χ2n) is 7.40. The van der Waals surface area contributed by atoms with Crippen LogP contribution in [0.2, 0.25) is 0 Å². The highest BCUT2D eigenvalue weighted by Gasteiger charge is 2.22. The summed E-state index contributed by atoms with van der Waals surface area (Å²) in [5.41, 5.74) is 2.91. The van der Waals surface area contributed by atoms with Crippen LogP contribution in [-0.2, 0) is 6.54 Å². The smallest absolute Gasteiger partial charge is 0.277 e. The zero-order chi connectivity index (χ0) is 19.5. The molecule has 0 radical (unpaired) electrons. The first kappa shape index (κ1) is 19.5. The largest absolute Gasteiger partial charge is 0.416 e. The molecule has 1 saturated carbocycles. The molecule has 0 N–H and O–H groups in total. The lowest BCUT2D eigenvalue weighted by molar-refractivity contribution is 0.102. The minimum atomic E-state index is 0.105. The summed E-state index contributed by atoms with van der Waals surface area (Å²) in [7, 11) is 0. The Morgan fingerprint density at radius 2 is 2.11 bits per heavy atom. The average Bonchev–Trinajstić information content (AvgIpc) is 3.45. The quantitative estimate of drug-likeness (QED) is 0.370. The number of hydrogen-bond donors (Lipinski definition) is 0. The van der Waals surface area contributed by atoms with E-state index in [1.165, 1.54) is 35.9 Å². The molecule has 0 saturated heterocycles. The molecular formula is C21H25N3O2S2. The second kappa shape index (κ2) is 8.66. The summed E-state index contributed by atoms with van der Waals surface area (Å²) in [6.45, 7) is 4.88. The number of nitrogens with zero attached hydrogens (tertiary/aromatic N) is 3. The lowest BCUT2D eigenvalue weighted by atomic mass is 9.89. The molecule has 3 heterocycles. The molecule has 0 aliphatic heterocycles. The number of carbonyl (C=O) groups is 1.